The van der Waals surface area contributed by atoms with Crippen LogP contribution in [0.2, 0.25) is 0 Å². The van der Waals surface area contributed by atoms with Crippen molar-refractivity contribution in [1.29, 1.82) is 0 Å². The van der Waals surface area contributed by atoms with Gasteiger partial charge in [0.05, 0.1) is 44.7 Å². The molecule has 1 aliphatic rings. The third-order valence-corrected chi connectivity index (χ3v) is 3.45. The summed E-state index contributed by atoms with van der Waals surface area (Å²) < 4.78 is 36.8. The number of benzene rings is 1. The minimum atomic E-state index is -1.08. The zero-order valence-corrected chi connectivity index (χ0v) is 12.3. The molecule has 1 aliphatic heterocycles. The Kier molecular flexibility index (Phi) is 5.15. The van der Waals surface area contributed by atoms with Gasteiger partial charge in [-0.15, -0.1) is 0 Å². The fraction of sp³-hybridized carbons (Fsp3) is 0.500. The molecule has 22 heavy (non-hydrogen) atoms. The number of aliphatic hydroxyl groups is 1. The number of urea groups is 1. The van der Waals surface area contributed by atoms with Crippen LogP contribution >= 0.6 is 0 Å². The Labute approximate surface area is 126 Å². The summed E-state index contributed by atoms with van der Waals surface area (Å²) in [7, 11) is 1.29. The molecule has 0 radical (unpaired) electrons. The quantitative estimate of drug-likeness (QED) is 0.888. The van der Waals surface area contributed by atoms with E-state index in [0.29, 0.717) is 0 Å². The van der Waals surface area contributed by atoms with Crippen molar-refractivity contribution in [2.45, 2.75) is 19.1 Å². The van der Waals surface area contributed by atoms with Gasteiger partial charge in [-0.25, -0.2) is 13.6 Å². The van der Waals surface area contributed by atoms with E-state index < -0.39 is 23.8 Å². The number of hydrogen-bond donors (Lipinski definition) is 2. The Hall–Kier alpha value is -1.93. The Morgan fingerprint density at radius 3 is 2.82 bits per heavy atom. The van der Waals surface area contributed by atoms with Crippen molar-refractivity contribution in [2.75, 3.05) is 32.2 Å². The largest absolute Gasteiger partial charge is 0.494 e. The van der Waals surface area contributed by atoms with Crippen molar-refractivity contribution in [3.05, 3.63) is 23.8 Å². The average Bonchev–Trinajstić information content (AvgIpc) is 2.51. The molecule has 6 nitrogen and oxygen atoms in total. The topological polar surface area (TPSA) is 71.0 Å². The zero-order valence-electron chi connectivity index (χ0n) is 12.3. The molecule has 1 heterocycles. The second-order valence-corrected chi connectivity index (χ2v) is 5.04. The van der Waals surface area contributed by atoms with Crippen molar-refractivity contribution < 1.29 is 28.2 Å². The number of anilines is 1. The van der Waals surface area contributed by atoms with Crippen molar-refractivity contribution in [3.63, 3.8) is 0 Å². The molecule has 1 saturated heterocycles. The molecule has 0 bridgehead atoms. The molecule has 2 N–H and O–H groups in total. The molecule has 2 unspecified atom stereocenters. The van der Waals surface area contributed by atoms with E-state index in [-0.39, 0.29) is 37.2 Å². The van der Waals surface area contributed by atoms with Gasteiger partial charge in [0.25, 0.3) is 0 Å². The Balaban J connectivity index is 2.16. The first kappa shape index (κ1) is 16.4. The van der Waals surface area contributed by atoms with Crippen LogP contribution in [-0.4, -0.2) is 55.1 Å². The van der Waals surface area contributed by atoms with E-state index in [2.05, 4.69) is 5.32 Å². The molecule has 0 aliphatic carbocycles. The molecule has 2 atom stereocenters. The molecule has 1 fully saturated rings. The number of carbonyl (C=O) groups excluding carboxylic acids is 1. The van der Waals surface area contributed by atoms with Crippen molar-refractivity contribution >= 4 is 11.7 Å². The SMILES string of the molecule is COc1cc(F)c(F)cc1NC(=O)N1CC(CO)OCC1C. The second-order valence-electron chi connectivity index (χ2n) is 5.04. The third kappa shape index (κ3) is 3.45. The standard InChI is InChI=1S/C14H18F2N2O4/c1-8-7-22-9(6-19)5-18(8)14(20)17-12-3-10(15)11(16)4-13(12)21-2/h3-4,8-9,19H,5-7H2,1-2H3,(H,17,20). The summed E-state index contributed by atoms with van der Waals surface area (Å²) in [5.41, 5.74) is 0.0330. The maximum absolute atomic E-state index is 13.3. The van der Waals surface area contributed by atoms with Gasteiger partial charge in [0.2, 0.25) is 0 Å². The molecule has 8 heteroatoms. The normalized spacial score (nSPS) is 21.6. The number of rotatable bonds is 3. The number of nitrogens with one attached hydrogen (secondary N) is 1. The number of morpholine rings is 1. The lowest BCUT2D eigenvalue weighted by Gasteiger charge is -2.37. The monoisotopic (exact) mass is 316 g/mol. The maximum atomic E-state index is 13.3. The van der Waals surface area contributed by atoms with Crippen molar-refractivity contribution in [3.8, 4) is 5.75 Å². The first-order chi connectivity index (χ1) is 10.5. The van der Waals surface area contributed by atoms with Gasteiger partial charge in [0, 0.05) is 12.1 Å². The van der Waals surface area contributed by atoms with Crippen LogP contribution < -0.4 is 10.1 Å². The summed E-state index contributed by atoms with van der Waals surface area (Å²) >= 11 is 0. The lowest BCUT2D eigenvalue weighted by Crippen LogP contribution is -2.53. The van der Waals surface area contributed by atoms with Gasteiger partial charge in [-0.05, 0) is 6.92 Å². The Morgan fingerprint density at radius 1 is 1.50 bits per heavy atom. The van der Waals surface area contributed by atoms with Crippen molar-refractivity contribution in [1.82, 2.24) is 4.90 Å². The summed E-state index contributed by atoms with van der Waals surface area (Å²) in [6.07, 6.45) is -0.464. The highest BCUT2D eigenvalue weighted by Crippen LogP contribution is 2.28. The molecular formula is C14H18F2N2O4. The van der Waals surface area contributed by atoms with Crippen LogP contribution in [0.5, 0.6) is 5.75 Å². The number of amides is 2. The summed E-state index contributed by atoms with van der Waals surface area (Å²) in [5, 5.41) is 11.6. The van der Waals surface area contributed by atoms with E-state index in [9.17, 15) is 13.6 Å². The van der Waals surface area contributed by atoms with Crippen LogP contribution in [0.15, 0.2) is 12.1 Å². The number of carbonyl (C=O) groups is 1. The summed E-state index contributed by atoms with van der Waals surface area (Å²) in [5.74, 6) is -2.12. The zero-order chi connectivity index (χ0) is 16.3. The summed E-state index contributed by atoms with van der Waals surface area (Å²) in [4.78, 5) is 13.8. The fourth-order valence-corrected chi connectivity index (χ4v) is 2.19. The number of methoxy groups -OCH3 is 1. The van der Waals surface area contributed by atoms with E-state index in [1.165, 1.54) is 12.0 Å². The number of hydrogen-bond acceptors (Lipinski definition) is 4. The summed E-state index contributed by atoms with van der Waals surface area (Å²) in [6, 6.07) is 1.02. The van der Waals surface area contributed by atoms with Gasteiger partial charge in [0.15, 0.2) is 11.6 Å². The van der Waals surface area contributed by atoms with Crippen LogP contribution in [0.4, 0.5) is 19.3 Å². The van der Waals surface area contributed by atoms with Gasteiger partial charge in [-0.2, -0.15) is 0 Å². The molecule has 0 aromatic heterocycles. The highest BCUT2D eigenvalue weighted by molar-refractivity contribution is 5.91. The van der Waals surface area contributed by atoms with E-state index in [0.717, 1.165) is 12.1 Å². The number of aliphatic hydroxyl groups excluding tert-OH is 1. The lowest BCUT2D eigenvalue weighted by atomic mass is 10.2. The number of ether oxygens (including phenoxy) is 2. The van der Waals surface area contributed by atoms with Gasteiger partial charge in [-0.1, -0.05) is 0 Å². The highest BCUT2D eigenvalue weighted by atomic mass is 19.2. The number of nitrogens with zero attached hydrogens (tertiary/aromatic N) is 1. The van der Waals surface area contributed by atoms with Crippen LogP contribution in [0.1, 0.15) is 6.92 Å². The van der Waals surface area contributed by atoms with Crippen LogP contribution in [0.25, 0.3) is 0 Å². The van der Waals surface area contributed by atoms with Crippen LogP contribution in [-0.2, 0) is 4.74 Å². The smallest absolute Gasteiger partial charge is 0.322 e. The molecule has 2 rings (SSSR count). The van der Waals surface area contributed by atoms with Gasteiger partial charge < -0.3 is 24.8 Å². The van der Waals surface area contributed by atoms with E-state index in [4.69, 9.17) is 14.6 Å². The van der Waals surface area contributed by atoms with E-state index in [1.54, 1.807) is 6.92 Å². The molecule has 0 spiro atoms. The van der Waals surface area contributed by atoms with E-state index in [1.807, 2.05) is 0 Å². The predicted molar refractivity (Wildman–Crippen MR) is 74.9 cm³/mol. The van der Waals surface area contributed by atoms with Gasteiger partial charge >= 0.3 is 6.03 Å². The predicted octanol–water partition coefficient (Wildman–Crippen LogP) is 1.59. The highest BCUT2D eigenvalue weighted by Gasteiger charge is 2.29. The third-order valence-electron chi connectivity index (χ3n) is 3.45. The molecule has 0 saturated carbocycles. The fourth-order valence-electron chi connectivity index (χ4n) is 2.19. The Morgan fingerprint density at radius 2 is 2.18 bits per heavy atom. The van der Waals surface area contributed by atoms with Gasteiger partial charge in [0.1, 0.15) is 5.75 Å². The molecule has 1 aromatic rings. The van der Waals surface area contributed by atoms with Crippen LogP contribution in [0, 0.1) is 11.6 Å². The lowest BCUT2D eigenvalue weighted by molar-refractivity contribution is -0.0612. The first-order valence-corrected chi connectivity index (χ1v) is 6.79. The van der Waals surface area contributed by atoms with Crippen LogP contribution in [0.3, 0.4) is 0 Å². The second kappa shape index (κ2) is 6.89. The van der Waals surface area contributed by atoms with Gasteiger partial charge in [-0.3, -0.25) is 0 Å². The minimum absolute atomic E-state index is 0.0203. The average molecular weight is 316 g/mol. The van der Waals surface area contributed by atoms with E-state index >= 15 is 0 Å². The molecule has 1 aromatic carbocycles. The molecule has 122 valence electrons. The Bertz CT molecular complexity index is 556. The maximum Gasteiger partial charge on any atom is 0.322 e. The molecule has 2 amide bonds. The number of halogens is 2. The minimum Gasteiger partial charge on any atom is -0.494 e. The first-order valence-electron chi connectivity index (χ1n) is 6.79. The van der Waals surface area contributed by atoms with Crippen molar-refractivity contribution in [2.24, 2.45) is 0 Å². The summed E-state index contributed by atoms with van der Waals surface area (Å²) in [6.45, 7) is 2.07. The molecular weight excluding hydrogens is 298 g/mol.